The molecule has 2 aliphatic rings. The molecule has 1 unspecified atom stereocenters. The van der Waals surface area contributed by atoms with Crippen LogP contribution in [0.3, 0.4) is 0 Å². The van der Waals surface area contributed by atoms with Gasteiger partial charge >= 0.3 is 0 Å². The first kappa shape index (κ1) is 18.7. The minimum Gasteiger partial charge on any atom is -0.309 e. The van der Waals surface area contributed by atoms with Crippen LogP contribution >= 0.6 is 11.8 Å². The molecule has 3 rings (SSSR count). The number of benzene rings is 1. The monoisotopic (exact) mass is 383 g/mol. The quantitative estimate of drug-likeness (QED) is 0.791. The molecule has 1 amide bonds. The van der Waals surface area contributed by atoms with Crippen molar-refractivity contribution in [2.45, 2.75) is 30.8 Å². The number of carbonyl (C=O) groups excluding carboxylic acids is 1. The Bertz CT molecular complexity index is 753. The summed E-state index contributed by atoms with van der Waals surface area (Å²) in [6, 6.07) is 7.62. The highest BCUT2D eigenvalue weighted by Gasteiger charge is 2.35. The van der Waals surface area contributed by atoms with Gasteiger partial charge in [-0.05, 0) is 26.0 Å². The zero-order chi connectivity index (χ0) is 18.2. The second-order valence-electron chi connectivity index (χ2n) is 6.70. The van der Waals surface area contributed by atoms with Gasteiger partial charge in [0.25, 0.3) is 0 Å². The lowest BCUT2D eigenvalue weighted by Gasteiger charge is -2.42. The lowest BCUT2D eigenvalue weighted by Crippen LogP contribution is -2.59. The fourth-order valence-electron chi connectivity index (χ4n) is 3.59. The van der Waals surface area contributed by atoms with Crippen molar-refractivity contribution in [2.75, 3.05) is 43.1 Å². The predicted octanol–water partition coefficient (Wildman–Crippen LogP) is 1.48. The third kappa shape index (κ3) is 3.86. The molecule has 2 atom stereocenters. The van der Waals surface area contributed by atoms with E-state index in [0.29, 0.717) is 26.2 Å². The van der Waals surface area contributed by atoms with Crippen LogP contribution in [0.15, 0.2) is 29.2 Å². The van der Waals surface area contributed by atoms with Gasteiger partial charge in [-0.25, -0.2) is 8.42 Å². The normalized spacial score (nSPS) is 24.0. The standard InChI is InChI=1S/C17H25N3O3S2/c1-13-12-18(8-9-20(13)25(3,22)23)14(2)17(21)19-10-11-24-16-7-5-4-6-15(16)19/h4-7,13-14H,8-12H2,1-3H3/t13-,14?/m0/s1. The van der Waals surface area contributed by atoms with E-state index in [9.17, 15) is 13.2 Å². The van der Waals surface area contributed by atoms with Crippen molar-refractivity contribution in [3.05, 3.63) is 24.3 Å². The van der Waals surface area contributed by atoms with Gasteiger partial charge in [0.1, 0.15) is 0 Å². The van der Waals surface area contributed by atoms with Crippen LogP contribution in [0.5, 0.6) is 0 Å². The first-order valence-corrected chi connectivity index (χ1v) is 11.4. The number of fused-ring (bicyclic) bond motifs is 1. The van der Waals surface area contributed by atoms with Gasteiger partial charge in [0, 0.05) is 42.9 Å². The summed E-state index contributed by atoms with van der Waals surface area (Å²) in [5, 5.41) is 0. The molecular weight excluding hydrogens is 358 g/mol. The summed E-state index contributed by atoms with van der Waals surface area (Å²) < 4.78 is 25.2. The first-order valence-electron chi connectivity index (χ1n) is 8.53. The van der Waals surface area contributed by atoms with Crippen molar-refractivity contribution in [2.24, 2.45) is 0 Å². The van der Waals surface area contributed by atoms with E-state index in [1.165, 1.54) is 10.6 Å². The third-order valence-corrected chi connectivity index (χ3v) is 7.36. The van der Waals surface area contributed by atoms with Crippen LogP contribution in [0.25, 0.3) is 0 Å². The maximum absolute atomic E-state index is 13.1. The lowest BCUT2D eigenvalue weighted by atomic mass is 10.1. The van der Waals surface area contributed by atoms with Gasteiger partial charge in [-0.3, -0.25) is 9.69 Å². The minimum absolute atomic E-state index is 0.0905. The number of anilines is 1. The van der Waals surface area contributed by atoms with E-state index in [1.54, 1.807) is 11.8 Å². The van der Waals surface area contributed by atoms with E-state index in [4.69, 9.17) is 0 Å². The molecule has 0 aliphatic carbocycles. The van der Waals surface area contributed by atoms with E-state index < -0.39 is 10.0 Å². The molecular formula is C17H25N3O3S2. The SMILES string of the molecule is CC(C(=O)N1CCSc2ccccc21)N1CCN(S(C)(=O)=O)[C@@H](C)C1. The second-order valence-corrected chi connectivity index (χ2v) is 9.77. The van der Waals surface area contributed by atoms with Gasteiger partial charge in [-0.1, -0.05) is 12.1 Å². The topological polar surface area (TPSA) is 60.9 Å². The Kier molecular flexibility index (Phi) is 5.43. The summed E-state index contributed by atoms with van der Waals surface area (Å²) in [5.41, 5.74) is 0.985. The van der Waals surface area contributed by atoms with Crippen LogP contribution in [-0.2, 0) is 14.8 Å². The molecule has 1 aromatic rings. The molecule has 0 saturated carbocycles. The molecule has 0 radical (unpaired) electrons. The van der Waals surface area contributed by atoms with Gasteiger partial charge in [0.2, 0.25) is 15.9 Å². The highest BCUT2D eigenvalue weighted by molar-refractivity contribution is 7.99. The molecule has 6 nitrogen and oxygen atoms in total. The Balaban J connectivity index is 1.72. The number of amides is 1. The van der Waals surface area contributed by atoms with E-state index in [2.05, 4.69) is 11.0 Å². The van der Waals surface area contributed by atoms with Crippen molar-refractivity contribution in [1.82, 2.24) is 9.21 Å². The van der Waals surface area contributed by atoms with Crippen molar-refractivity contribution >= 4 is 33.4 Å². The zero-order valence-corrected chi connectivity index (χ0v) is 16.5. The van der Waals surface area contributed by atoms with Crippen LogP contribution in [0.1, 0.15) is 13.8 Å². The molecule has 1 fully saturated rings. The molecule has 1 saturated heterocycles. The molecule has 0 spiro atoms. The average molecular weight is 384 g/mol. The zero-order valence-electron chi connectivity index (χ0n) is 14.9. The minimum atomic E-state index is -3.20. The predicted molar refractivity (Wildman–Crippen MR) is 102 cm³/mol. The molecule has 25 heavy (non-hydrogen) atoms. The van der Waals surface area contributed by atoms with Crippen molar-refractivity contribution < 1.29 is 13.2 Å². The van der Waals surface area contributed by atoms with Gasteiger partial charge in [-0.15, -0.1) is 11.8 Å². The van der Waals surface area contributed by atoms with E-state index in [-0.39, 0.29) is 18.0 Å². The number of piperazine rings is 1. The number of hydrogen-bond donors (Lipinski definition) is 0. The van der Waals surface area contributed by atoms with Crippen LogP contribution in [0.4, 0.5) is 5.69 Å². The highest BCUT2D eigenvalue weighted by atomic mass is 32.2. The summed E-state index contributed by atoms with van der Waals surface area (Å²) in [6.07, 6.45) is 1.25. The van der Waals surface area contributed by atoms with Crippen LogP contribution in [0.2, 0.25) is 0 Å². The van der Waals surface area contributed by atoms with Crippen molar-refractivity contribution in [3.8, 4) is 0 Å². The fourth-order valence-corrected chi connectivity index (χ4v) is 5.72. The van der Waals surface area contributed by atoms with Crippen LogP contribution in [-0.4, -0.2) is 73.8 Å². The molecule has 0 bridgehead atoms. The molecule has 1 aromatic carbocycles. The molecule has 138 valence electrons. The number of hydrogen-bond acceptors (Lipinski definition) is 5. The fraction of sp³-hybridized carbons (Fsp3) is 0.588. The molecule has 8 heteroatoms. The Morgan fingerprint density at radius 2 is 1.96 bits per heavy atom. The number of rotatable bonds is 3. The Labute approximate surface area is 154 Å². The largest absolute Gasteiger partial charge is 0.309 e. The molecule has 2 aliphatic heterocycles. The number of para-hydroxylation sites is 1. The summed E-state index contributed by atoms with van der Waals surface area (Å²) in [4.78, 5) is 18.2. The Morgan fingerprint density at radius 3 is 2.64 bits per heavy atom. The summed E-state index contributed by atoms with van der Waals surface area (Å²) in [7, 11) is -3.20. The van der Waals surface area contributed by atoms with Crippen LogP contribution < -0.4 is 4.90 Å². The number of carbonyl (C=O) groups is 1. The number of sulfonamides is 1. The summed E-state index contributed by atoms with van der Waals surface area (Å²) >= 11 is 1.78. The Morgan fingerprint density at radius 1 is 1.24 bits per heavy atom. The maximum atomic E-state index is 13.1. The number of thioether (sulfide) groups is 1. The van der Waals surface area contributed by atoms with Gasteiger partial charge in [-0.2, -0.15) is 4.31 Å². The van der Waals surface area contributed by atoms with E-state index in [0.717, 1.165) is 16.3 Å². The van der Waals surface area contributed by atoms with Crippen molar-refractivity contribution in [3.63, 3.8) is 0 Å². The highest BCUT2D eigenvalue weighted by Crippen LogP contribution is 2.35. The third-order valence-electron chi connectivity index (χ3n) is 4.92. The van der Waals surface area contributed by atoms with Crippen LogP contribution in [0, 0.1) is 0 Å². The molecule has 0 N–H and O–H groups in total. The lowest BCUT2D eigenvalue weighted by molar-refractivity contribution is -0.124. The average Bonchev–Trinajstić information content (AvgIpc) is 2.58. The summed E-state index contributed by atoms with van der Waals surface area (Å²) in [5.74, 6) is 0.987. The maximum Gasteiger partial charge on any atom is 0.244 e. The second kappa shape index (κ2) is 7.26. The molecule has 2 heterocycles. The van der Waals surface area contributed by atoms with E-state index >= 15 is 0 Å². The van der Waals surface area contributed by atoms with Gasteiger partial charge in [0.15, 0.2) is 0 Å². The number of nitrogens with zero attached hydrogens (tertiary/aromatic N) is 3. The van der Waals surface area contributed by atoms with Gasteiger partial charge < -0.3 is 4.90 Å². The van der Waals surface area contributed by atoms with E-state index in [1.807, 2.05) is 36.9 Å². The van der Waals surface area contributed by atoms with Crippen molar-refractivity contribution in [1.29, 1.82) is 0 Å². The summed E-state index contributed by atoms with van der Waals surface area (Å²) in [6.45, 7) is 6.12. The molecule has 0 aromatic heterocycles. The Hall–Kier alpha value is -1.09. The first-order chi connectivity index (χ1) is 11.8. The smallest absolute Gasteiger partial charge is 0.244 e. The van der Waals surface area contributed by atoms with Gasteiger partial charge in [0.05, 0.1) is 18.0 Å².